The summed E-state index contributed by atoms with van der Waals surface area (Å²) >= 11 is 0. The van der Waals surface area contributed by atoms with Gasteiger partial charge in [-0.25, -0.2) is 13.9 Å². The second-order valence-electron chi connectivity index (χ2n) is 7.53. The number of aromatic nitrogens is 5. The lowest BCUT2D eigenvalue weighted by atomic mass is 10.1. The Morgan fingerprint density at radius 2 is 1.88 bits per heavy atom. The Kier molecular flexibility index (Phi) is 6.72. The standard InChI is InChI=1S/C23H25FN8O/c1-3-5-15(4-2)29-21-12-19(28-16-6-9-25-10-7-16)22-27-14-20(32(22)31-21)23(33)30-18-8-11-26-13-17(18)24/h6-15H,3-5H2,1-2H3,(H,25,28)(H,29,31)(H,26,30,33)/t15-/m1/s1. The monoisotopic (exact) mass is 448 g/mol. The molecule has 4 heterocycles. The number of carbonyl (C=O) groups is 1. The largest absolute Gasteiger partial charge is 0.366 e. The SMILES string of the molecule is CCC[C@@H](CC)Nc1cc(Nc2ccncc2)c2ncc(C(=O)Nc3ccncc3F)n2n1. The Morgan fingerprint density at radius 3 is 2.61 bits per heavy atom. The Morgan fingerprint density at radius 1 is 1.09 bits per heavy atom. The number of pyridine rings is 2. The number of anilines is 4. The molecule has 0 radical (unpaired) electrons. The molecule has 1 atom stereocenters. The van der Waals surface area contributed by atoms with E-state index in [0.717, 1.165) is 31.1 Å². The van der Waals surface area contributed by atoms with Gasteiger partial charge in [-0.15, -0.1) is 5.10 Å². The molecule has 3 N–H and O–H groups in total. The predicted octanol–water partition coefficient (Wildman–Crippen LogP) is 4.64. The maximum atomic E-state index is 14.0. The highest BCUT2D eigenvalue weighted by Gasteiger charge is 2.19. The van der Waals surface area contributed by atoms with E-state index in [9.17, 15) is 9.18 Å². The first-order valence-electron chi connectivity index (χ1n) is 10.8. The lowest BCUT2D eigenvalue weighted by Gasteiger charge is -2.18. The zero-order chi connectivity index (χ0) is 23.2. The number of amides is 1. The Labute approximate surface area is 190 Å². The fourth-order valence-electron chi connectivity index (χ4n) is 3.48. The molecule has 0 saturated heterocycles. The minimum Gasteiger partial charge on any atom is -0.366 e. The molecule has 10 heteroatoms. The van der Waals surface area contributed by atoms with Crippen LogP contribution in [-0.2, 0) is 0 Å². The highest BCUT2D eigenvalue weighted by Crippen LogP contribution is 2.25. The van der Waals surface area contributed by atoms with Gasteiger partial charge in [-0.2, -0.15) is 0 Å². The van der Waals surface area contributed by atoms with E-state index in [2.05, 4.69) is 49.8 Å². The van der Waals surface area contributed by atoms with Gasteiger partial charge in [-0.3, -0.25) is 14.8 Å². The van der Waals surface area contributed by atoms with Crippen LogP contribution in [0.15, 0.2) is 55.2 Å². The molecule has 0 aliphatic carbocycles. The molecule has 0 unspecified atom stereocenters. The number of carbonyl (C=O) groups excluding carboxylic acids is 1. The predicted molar refractivity (Wildman–Crippen MR) is 125 cm³/mol. The van der Waals surface area contributed by atoms with Crippen LogP contribution >= 0.6 is 0 Å². The van der Waals surface area contributed by atoms with Crippen molar-refractivity contribution in [3.8, 4) is 0 Å². The van der Waals surface area contributed by atoms with Crippen LogP contribution in [0, 0.1) is 5.82 Å². The van der Waals surface area contributed by atoms with Crippen molar-refractivity contribution in [1.29, 1.82) is 0 Å². The van der Waals surface area contributed by atoms with Crippen molar-refractivity contribution in [2.45, 2.75) is 39.2 Å². The normalized spacial score (nSPS) is 11.8. The van der Waals surface area contributed by atoms with Crippen molar-refractivity contribution in [3.05, 3.63) is 66.8 Å². The van der Waals surface area contributed by atoms with Gasteiger partial charge in [0, 0.05) is 36.4 Å². The molecule has 33 heavy (non-hydrogen) atoms. The third-order valence-corrected chi connectivity index (χ3v) is 5.16. The minimum atomic E-state index is -0.625. The number of hydrogen-bond donors (Lipinski definition) is 3. The Balaban J connectivity index is 1.73. The maximum absolute atomic E-state index is 14.0. The van der Waals surface area contributed by atoms with E-state index in [-0.39, 0.29) is 17.4 Å². The molecule has 0 aromatic carbocycles. The second kappa shape index (κ2) is 10.0. The number of fused-ring (bicyclic) bond motifs is 1. The quantitative estimate of drug-likeness (QED) is 0.342. The molecule has 0 aliphatic rings. The molecule has 0 spiro atoms. The summed E-state index contributed by atoms with van der Waals surface area (Å²) in [6.07, 6.45) is 10.2. The van der Waals surface area contributed by atoms with Crippen LogP contribution in [0.4, 0.5) is 27.3 Å². The first-order valence-corrected chi connectivity index (χ1v) is 10.8. The van der Waals surface area contributed by atoms with Crippen LogP contribution in [-0.4, -0.2) is 36.5 Å². The Bertz CT molecular complexity index is 1240. The van der Waals surface area contributed by atoms with E-state index in [1.165, 1.54) is 23.0 Å². The summed E-state index contributed by atoms with van der Waals surface area (Å²) in [4.78, 5) is 25.1. The van der Waals surface area contributed by atoms with Crippen molar-refractivity contribution >= 4 is 34.4 Å². The number of imidazole rings is 1. The first kappa shape index (κ1) is 22.1. The fourth-order valence-corrected chi connectivity index (χ4v) is 3.48. The molecule has 4 aromatic rings. The van der Waals surface area contributed by atoms with Crippen molar-refractivity contribution in [3.63, 3.8) is 0 Å². The third-order valence-electron chi connectivity index (χ3n) is 5.16. The van der Waals surface area contributed by atoms with E-state index in [4.69, 9.17) is 0 Å². The molecule has 0 fully saturated rings. The van der Waals surface area contributed by atoms with Crippen LogP contribution in [0.3, 0.4) is 0 Å². The highest BCUT2D eigenvalue weighted by molar-refractivity contribution is 6.03. The minimum absolute atomic E-state index is 0.0309. The van der Waals surface area contributed by atoms with Crippen LogP contribution < -0.4 is 16.0 Å². The fraction of sp³-hybridized carbons (Fsp3) is 0.261. The summed E-state index contributed by atoms with van der Waals surface area (Å²) < 4.78 is 15.4. The molecule has 0 bridgehead atoms. The summed E-state index contributed by atoms with van der Waals surface area (Å²) in [5.41, 5.74) is 2.15. The average Bonchev–Trinajstić information content (AvgIpc) is 3.25. The van der Waals surface area contributed by atoms with Gasteiger partial charge in [0.05, 0.1) is 23.8 Å². The smallest absolute Gasteiger partial charge is 0.276 e. The van der Waals surface area contributed by atoms with E-state index in [1.54, 1.807) is 12.4 Å². The molecular weight excluding hydrogens is 423 g/mol. The molecular formula is C23H25FN8O. The Hall–Kier alpha value is -4.08. The van der Waals surface area contributed by atoms with Crippen molar-refractivity contribution in [1.82, 2.24) is 24.6 Å². The number of hydrogen-bond acceptors (Lipinski definition) is 7. The first-order chi connectivity index (χ1) is 16.1. The van der Waals surface area contributed by atoms with Gasteiger partial charge in [-0.05, 0) is 31.0 Å². The highest BCUT2D eigenvalue weighted by atomic mass is 19.1. The second-order valence-corrected chi connectivity index (χ2v) is 7.53. The molecule has 0 aliphatic heterocycles. The van der Waals surface area contributed by atoms with E-state index in [0.29, 0.717) is 17.2 Å². The zero-order valence-electron chi connectivity index (χ0n) is 18.4. The summed E-state index contributed by atoms with van der Waals surface area (Å²) in [5.74, 6) is -0.561. The summed E-state index contributed by atoms with van der Waals surface area (Å²) in [6.45, 7) is 4.25. The van der Waals surface area contributed by atoms with Gasteiger partial charge < -0.3 is 16.0 Å². The molecule has 4 rings (SSSR count). The van der Waals surface area contributed by atoms with Gasteiger partial charge >= 0.3 is 0 Å². The zero-order valence-corrected chi connectivity index (χ0v) is 18.4. The number of rotatable bonds is 9. The van der Waals surface area contributed by atoms with Crippen LogP contribution in [0.2, 0.25) is 0 Å². The molecule has 4 aromatic heterocycles. The van der Waals surface area contributed by atoms with E-state index >= 15 is 0 Å². The lowest BCUT2D eigenvalue weighted by molar-refractivity contribution is 0.102. The van der Waals surface area contributed by atoms with Gasteiger partial charge in [0.1, 0.15) is 5.82 Å². The molecule has 1 amide bonds. The third kappa shape index (κ3) is 5.05. The van der Waals surface area contributed by atoms with Gasteiger partial charge in [0.15, 0.2) is 17.2 Å². The van der Waals surface area contributed by atoms with E-state index < -0.39 is 11.7 Å². The molecule has 0 saturated carbocycles. The van der Waals surface area contributed by atoms with Gasteiger partial charge in [-0.1, -0.05) is 20.3 Å². The summed E-state index contributed by atoms with van der Waals surface area (Å²) in [5, 5.41) is 13.9. The molecule has 170 valence electrons. The lowest BCUT2D eigenvalue weighted by Crippen LogP contribution is -2.21. The van der Waals surface area contributed by atoms with Crippen LogP contribution in [0.25, 0.3) is 5.65 Å². The van der Waals surface area contributed by atoms with Gasteiger partial charge in [0.2, 0.25) is 0 Å². The van der Waals surface area contributed by atoms with Crippen LogP contribution in [0.5, 0.6) is 0 Å². The summed E-state index contributed by atoms with van der Waals surface area (Å²) in [7, 11) is 0. The van der Waals surface area contributed by atoms with Gasteiger partial charge in [0.25, 0.3) is 5.91 Å². The van der Waals surface area contributed by atoms with Crippen molar-refractivity contribution < 1.29 is 9.18 Å². The average molecular weight is 449 g/mol. The number of halogens is 1. The molecule has 9 nitrogen and oxygen atoms in total. The van der Waals surface area contributed by atoms with Crippen LogP contribution in [0.1, 0.15) is 43.6 Å². The number of nitrogens with zero attached hydrogens (tertiary/aromatic N) is 5. The topological polar surface area (TPSA) is 109 Å². The number of nitrogens with one attached hydrogen (secondary N) is 3. The maximum Gasteiger partial charge on any atom is 0.276 e. The van der Waals surface area contributed by atoms with E-state index in [1.807, 2.05) is 18.2 Å². The van der Waals surface area contributed by atoms with Crippen molar-refractivity contribution in [2.75, 3.05) is 16.0 Å². The van der Waals surface area contributed by atoms with Crippen molar-refractivity contribution in [2.24, 2.45) is 0 Å². The summed E-state index contributed by atoms with van der Waals surface area (Å²) in [6, 6.07) is 7.16.